The second kappa shape index (κ2) is 8.70. The highest BCUT2D eigenvalue weighted by atomic mass is 32.2. The van der Waals surface area contributed by atoms with E-state index in [1.54, 1.807) is 24.3 Å². The molecule has 1 aliphatic rings. The molecule has 0 unspecified atom stereocenters. The van der Waals surface area contributed by atoms with Gasteiger partial charge in [-0.25, -0.2) is 17.9 Å². The van der Waals surface area contributed by atoms with Crippen LogP contribution in [0.1, 0.15) is 5.56 Å². The van der Waals surface area contributed by atoms with E-state index in [1.165, 1.54) is 6.26 Å². The van der Waals surface area contributed by atoms with Gasteiger partial charge in [0.15, 0.2) is 21.3 Å². The Morgan fingerprint density at radius 1 is 0.970 bits per heavy atom. The highest BCUT2D eigenvalue weighted by Crippen LogP contribution is 2.26. The molecule has 1 radical (unpaired) electrons. The molecular weight excluding hydrogens is 434 g/mol. The maximum Gasteiger partial charge on any atom is 0.183 e. The Labute approximate surface area is 194 Å². The van der Waals surface area contributed by atoms with Crippen molar-refractivity contribution in [2.45, 2.75) is 11.4 Å². The van der Waals surface area contributed by atoms with E-state index in [2.05, 4.69) is 29.0 Å². The monoisotopic (exact) mass is 460 g/mol. The molecule has 7 nitrogen and oxygen atoms in total. The topological polar surface area (TPSA) is 70.8 Å². The molecule has 8 heteroatoms. The van der Waals surface area contributed by atoms with E-state index in [-0.39, 0.29) is 0 Å². The number of sulfone groups is 1. The van der Waals surface area contributed by atoms with Crippen LogP contribution in [0.25, 0.3) is 28.3 Å². The average molecular weight is 461 g/mol. The maximum atomic E-state index is 11.8. The molecule has 2 aromatic heterocycles. The number of likely N-dealkylation sites (N-methyl/N-ethyl adjacent to an activating group) is 1. The van der Waals surface area contributed by atoms with Gasteiger partial charge >= 0.3 is 0 Å². The summed E-state index contributed by atoms with van der Waals surface area (Å²) in [6, 6.07) is 22.1. The van der Waals surface area contributed by atoms with Gasteiger partial charge in [0.25, 0.3) is 0 Å². The summed E-state index contributed by atoms with van der Waals surface area (Å²) in [5, 5.41) is 4.83. The zero-order valence-corrected chi connectivity index (χ0v) is 19.6. The standard InChI is InChI=1S/C25H26N5O2S/c1-28-14-16-29(17-15-28)18-20-6-3-4-7-22(20)25-26-24-9-5-8-23(30(24)27-25)19-10-12-21(13-11-19)33(2,31)32/h3-6,8-13H,14-18H2,1-2H3. The van der Waals surface area contributed by atoms with Gasteiger partial charge < -0.3 is 4.90 Å². The normalized spacial score (nSPS) is 15.8. The van der Waals surface area contributed by atoms with Crippen LogP contribution >= 0.6 is 0 Å². The number of aromatic nitrogens is 3. The molecule has 0 bridgehead atoms. The van der Waals surface area contributed by atoms with Crippen molar-refractivity contribution in [3.63, 3.8) is 0 Å². The fourth-order valence-electron chi connectivity index (χ4n) is 4.16. The molecule has 1 fully saturated rings. The third-order valence-corrected chi connectivity index (χ3v) is 7.22. The van der Waals surface area contributed by atoms with Crippen LogP contribution in [0.5, 0.6) is 0 Å². The lowest BCUT2D eigenvalue weighted by Gasteiger charge is -2.32. The predicted octanol–water partition coefficient (Wildman–Crippen LogP) is 3.01. The first-order chi connectivity index (χ1) is 15.9. The molecule has 3 heterocycles. The summed E-state index contributed by atoms with van der Waals surface area (Å²) in [7, 11) is -1.08. The molecule has 2 aromatic carbocycles. The fourth-order valence-corrected chi connectivity index (χ4v) is 4.79. The summed E-state index contributed by atoms with van der Waals surface area (Å²) in [6.45, 7) is 5.06. The summed E-state index contributed by atoms with van der Waals surface area (Å²) in [4.78, 5) is 9.89. The molecular formula is C25H26N5O2S. The quantitative estimate of drug-likeness (QED) is 0.456. The molecule has 0 aliphatic carbocycles. The maximum absolute atomic E-state index is 11.8. The largest absolute Gasteiger partial charge is 0.304 e. The molecule has 169 valence electrons. The van der Waals surface area contributed by atoms with E-state index in [9.17, 15) is 8.42 Å². The summed E-state index contributed by atoms with van der Waals surface area (Å²) >= 11 is 0. The van der Waals surface area contributed by atoms with Crippen molar-refractivity contribution < 1.29 is 8.42 Å². The van der Waals surface area contributed by atoms with Gasteiger partial charge in [-0.3, -0.25) is 4.90 Å². The molecule has 0 atom stereocenters. The minimum absolute atomic E-state index is 0.296. The van der Waals surface area contributed by atoms with Crippen LogP contribution in [0.2, 0.25) is 0 Å². The van der Waals surface area contributed by atoms with Crippen molar-refractivity contribution in [2.24, 2.45) is 0 Å². The van der Waals surface area contributed by atoms with E-state index in [0.29, 0.717) is 10.7 Å². The predicted molar refractivity (Wildman–Crippen MR) is 129 cm³/mol. The number of piperazine rings is 1. The summed E-state index contributed by atoms with van der Waals surface area (Å²) in [5.41, 5.74) is 4.54. The summed E-state index contributed by atoms with van der Waals surface area (Å²) in [6.07, 6.45) is 1.21. The van der Waals surface area contributed by atoms with Gasteiger partial charge in [-0.2, -0.15) is 0 Å². The third-order valence-electron chi connectivity index (χ3n) is 6.09. The molecule has 1 saturated heterocycles. The number of hydrogen-bond donors (Lipinski definition) is 0. The Balaban J connectivity index is 1.50. The van der Waals surface area contributed by atoms with E-state index >= 15 is 0 Å². The van der Waals surface area contributed by atoms with Crippen LogP contribution < -0.4 is 0 Å². The first-order valence-electron chi connectivity index (χ1n) is 11.0. The van der Waals surface area contributed by atoms with Gasteiger partial charge in [-0.1, -0.05) is 36.4 Å². The first kappa shape index (κ1) is 21.8. The van der Waals surface area contributed by atoms with E-state index in [0.717, 1.165) is 60.8 Å². The second-order valence-corrected chi connectivity index (χ2v) is 10.6. The number of hydrogen-bond acceptors (Lipinski definition) is 6. The van der Waals surface area contributed by atoms with E-state index < -0.39 is 9.84 Å². The van der Waals surface area contributed by atoms with Crippen LogP contribution in [0.15, 0.2) is 65.6 Å². The van der Waals surface area contributed by atoms with Crippen molar-refractivity contribution in [1.29, 1.82) is 0 Å². The van der Waals surface area contributed by atoms with Gasteiger partial charge in [0.1, 0.15) is 0 Å². The zero-order valence-electron chi connectivity index (χ0n) is 18.8. The molecule has 1 aliphatic heterocycles. The molecule has 4 aromatic rings. The lowest BCUT2D eigenvalue weighted by Crippen LogP contribution is -2.43. The first-order valence-corrected chi connectivity index (χ1v) is 12.8. The van der Waals surface area contributed by atoms with Crippen molar-refractivity contribution >= 4 is 15.5 Å². The number of rotatable bonds is 5. The Hall–Kier alpha value is -3.07. The van der Waals surface area contributed by atoms with Gasteiger partial charge in [0.2, 0.25) is 0 Å². The minimum atomic E-state index is -3.24. The van der Waals surface area contributed by atoms with Gasteiger partial charge in [0.05, 0.1) is 10.6 Å². The van der Waals surface area contributed by atoms with Crippen LogP contribution in [0.4, 0.5) is 0 Å². The fraction of sp³-hybridized carbons (Fsp3) is 0.280. The lowest BCUT2D eigenvalue weighted by atomic mass is 10.1. The highest BCUT2D eigenvalue weighted by Gasteiger charge is 2.18. The molecule has 5 rings (SSSR count). The smallest absolute Gasteiger partial charge is 0.183 e. The summed E-state index contributed by atoms with van der Waals surface area (Å²) < 4.78 is 25.4. The van der Waals surface area contributed by atoms with Crippen LogP contribution in [0, 0.1) is 6.07 Å². The van der Waals surface area contributed by atoms with E-state index in [1.807, 2.05) is 34.8 Å². The Morgan fingerprint density at radius 3 is 2.45 bits per heavy atom. The number of nitrogens with zero attached hydrogens (tertiary/aromatic N) is 5. The summed E-state index contributed by atoms with van der Waals surface area (Å²) in [5.74, 6) is 0.639. The van der Waals surface area contributed by atoms with Crippen LogP contribution in [-0.4, -0.2) is 72.3 Å². The second-order valence-electron chi connectivity index (χ2n) is 8.56. The number of pyridine rings is 1. The molecule has 0 saturated carbocycles. The van der Waals surface area contributed by atoms with Crippen LogP contribution in [-0.2, 0) is 16.4 Å². The van der Waals surface area contributed by atoms with E-state index in [4.69, 9.17) is 10.1 Å². The van der Waals surface area contributed by atoms with Crippen molar-refractivity contribution in [3.05, 3.63) is 72.3 Å². The van der Waals surface area contributed by atoms with Gasteiger partial charge in [0, 0.05) is 50.1 Å². The molecule has 33 heavy (non-hydrogen) atoms. The average Bonchev–Trinajstić information content (AvgIpc) is 3.25. The zero-order chi connectivity index (χ0) is 23.0. The van der Waals surface area contributed by atoms with Crippen molar-refractivity contribution in [1.82, 2.24) is 24.4 Å². The van der Waals surface area contributed by atoms with Crippen LogP contribution in [0.3, 0.4) is 0 Å². The Kier molecular flexibility index (Phi) is 5.74. The highest BCUT2D eigenvalue weighted by molar-refractivity contribution is 7.90. The lowest BCUT2D eigenvalue weighted by molar-refractivity contribution is 0.148. The SMILES string of the molecule is CN1CCN(Cc2ccc[c]c2-c2nc3cccc(-c4ccc(S(C)(=O)=O)cc4)n3n2)CC1. The molecule has 0 N–H and O–H groups in total. The Morgan fingerprint density at radius 2 is 1.73 bits per heavy atom. The van der Waals surface area contributed by atoms with Gasteiger partial charge in [-0.05, 0) is 42.9 Å². The number of fused-ring (bicyclic) bond motifs is 1. The number of benzene rings is 2. The molecule has 0 spiro atoms. The van der Waals surface area contributed by atoms with Gasteiger partial charge in [-0.15, -0.1) is 5.10 Å². The Bertz CT molecular complexity index is 1390. The molecule has 0 amide bonds. The van der Waals surface area contributed by atoms with Crippen molar-refractivity contribution in [2.75, 3.05) is 39.5 Å². The minimum Gasteiger partial charge on any atom is -0.304 e. The van der Waals surface area contributed by atoms with Crippen molar-refractivity contribution in [3.8, 4) is 22.6 Å². The third kappa shape index (κ3) is 4.55.